The first-order chi connectivity index (χ1) is 10.2. The summed E-state index contributed by atoms with van der Waals surface area (Å²) in [5.74, 6) is 0.793. The van der Waals surface area contributed by atoms with Gasteiger partial charge in [0.05, 0.1) is 36.2 Å². The van der Waals surface area contributed by atoms with Crippen molar-refractivity contribution in [3.63, 3.8) is 0 Å². The number of hydrogen-bond acceptors (Lipinski definition) is 4. The van der Waals surface area contributed by atoms with Crippen LogP contribution in [0.2, 0.25) is 0 Å². The molecule has 1 aliphatic heterocycles. The number of anilines is 2. The Labute approximate surface area is 127 Å². The molecule has 1 heterocycles. The van der Waals surface area contributed by atoms with E-state index in [1.165, 1.54) is 25.7 Å². The molecule has 3 rings (SSSR count). The highest BCUT2D eigenvalue weighted by atomic mass is 16.5. The Bertz CT molecular complexity index is 488. The van der Waals surface area contributed by atoms with Crippen LogP contribution >= 0.6 is 0 Å². The van der Waals surface area contributed by atoms with Gasteiger partial charge in [-0.15, -0.1) is 0 Å². The highest BCUT2D eigenvalue weighted by Gasteiger charge is 2.35. The number of fused-ring (bicyclic) bond motifs is 1. The SMILES string of the molecule is CC(C)Oc1cccc(N2CCOC3CCCCC32)c1N. The lowest BCUT2D eigenvalue weighted by atomic mass is 9.89. The zero-order chi connectivity index (χ0) is 14.8. The fourth-order valence-corrected chi connectivity index (χ4v) is 3.54. The van der Waals surface area contributed by atoms with E-state index < -0.39 is 0 Å². The highest BCUT2D eigenvalue weighted by Crippen LogP contribution is 2.38. The quantitative estimate of drug-likeness (QED) is 0.868. The molecule has 2 fully saturated rings. The van der Waals surface area contributed by atoms with Gasteiger partial charge >= 0.3 is 0 Å². The number of nitrogens with zero attached hydrogens (tertiary/aromatic N) is 1. The molecule has 0 amide bonds. The van der Waals surface area contributed by atoms with Gasteiger partial charge < -0.3 is 20.1 Å². The van der Waals surface area contributed by atoms with Crippen molar-refractivity contribution in [1.29, 1.82) is 0 Å². The molecule has 4 nitrogen and oxygen atoms in total. The number of morpholine rings is 1. The van der Waals surface area contributed by atoms with Gasteiger partial charge in [-0.2, -0.15) is 0 Å². The second-order valence-corrected chi connectivity index (χ2v) is 6.31. The Morgan fingerprint density at radius 2 is 2.10 bits per heavy atom. The number of hydrogen-bond donors (Lipinski definition) is 1. The summed E-state index contributed by atoms with van der Waals surface area (Å²) in [7, 11) is 0. The van der Waals surface area contributed by atoms with Crippen molar-refractivity contribution in [2.45, 2.75) is 57.8 Å². The van der Waals surface area contributed by atoms with Gasteiger partial charge in [-0.3, -0.25) is 0 Å². The first-order valence-corrected chi connectivity index (χ1v) is 8.10. The molecule has 1 aromatic rings. The molecule has 1 saturated heterocycles. The molecule has 2 atom stereocenters. The molecular formula is C17H26N2O2. The standard InChI is InChI=1S/C17H26N2O2/c1-12(2)21-16-9-5-7-14(17(16)18)19-10-11-20-15-8-4-3-6-13(15)19/h5,7,9,12-13,15H,3-4,6,8,10-11,18H2,1-2H3. The monoisotopic (exact) mass is 290 g/mol. The summed E-state index contributed by atoms with van der Waals surface area (Å²) < 4.78 is 11.8. The van der Waals surface area contributed by atoms with Gasteiger partial charge in [0, 0.05) is 6.54 Å². The average Bonchev–Trinajstić information content (AvgIpc) is 2.49. The zero-order valence-electron chi connectivity index (χ0n) is 13.0. The molecule has 2 N–H and O–H groups in total. The first-order valence-electron chi connectivity index (χ1n) is 8.10. The van der Waals surface area contributed by atoms with Gasteiger partial charge in [0.2, 0.25) is 0 Å². The third-order valence-electron chi connectivity index (χ3n) is 4.45. The van der Waals surface area contributed by atoms with Gasteiger partial charge in [0.15, 0.2) is 0 Å². The molecule has 1 aliphatic carbocycles. The summed E-state index contributed by atoms with van der Waals surface area (Å²) in [6.45, 7) is 5.75. The summed E-state index contributed by atoms with van der Waals surface area (Å²) in [5, 5.41) is 0. The zero-order valence-corrected chi connectivity index (χ0v) is 13.0. The molecule has 0 aromatic heterocycles. The molecule has 2 unspecified atom stereocenters. The molecule has 0 spiro atoms. The predicted molar refractivity (Wildman–Crippen MR) is 86.0 cm³/mol. The first kappa shape index (κ1) is 14.5. The van der Waals surface area contributed by atoms with Crippen LogP contribution < -0.4 is 15.4 Å². The lowest BCUT2D eigenvalue weighted by Crippen LogP contribution is -2.53. The number of nitrogens with two attached hydrogens (primary N) is 1. The third kappa shape index (κ3) is 2.95. The maximum atomic E-state index is 6.38. The smallest absolute Gasteiger partial charge is 0.144 e. The maximum absolute atomic E-state index is 6.38. The molecule has 2 aliphatic rings. The highest BCUT2D eigenvalue weighted by molar-refractivity contribution is 5.74. The second kappa shape index (κ2) is 6.14. The Balaban J connectivity index is 1.88. The Hall–Kier alpha value is -1.42. The largest absolute Gasteiger partial charge is 0.489 e. The number of rotatable bonds is 3. The van der Waals surface area contributed by atoms with Crippen molar-refractivity contribution in [3.05, 3.63) is 18.2 Å². The molecule has 1 aromatic carbocycles. The number of nitrogen functional groups attached to an aromatic ring is 1. The summed E-state index contributed by atoms with van der Waals surface area (Å²) in [4.78, 5) is 2.44. The van der Waals surface area contributed by atoms with E-state index in [4.69, 9.17) is 15.2 Å². The fraction of sp³-hybridized carbons (Fsp3) is 0.647. The lowest BCUT2D eigenvalue weighted by molar-refractivity contribution is -0.00863. The van der Waals surface area contributed by atoms with Crippen molar-refractivity contribution in [1.82, 2.24) is 0 Å². The van der Waals surface area contributed by atoms with Gasteiger partial charge in [0.25, 0.3) is 0 Å². The molecule has 0 radical (unpaired) electrons. The van der Waals surface area contributed by atoms with E-state index in [-0.39, 0.29) is 6.10 Å². The summed E-state index contributed by atoms with van der Waals surface area (Å²) in [5.41, 5.74) is 8.24. The topological polar surface area (TPSA) is 47.7 Å². The molecular weight excluding hydrogens is 264 g/mol. The van der Waals surface area contributed by atoms with Gasteiger partial charge in [-0.1, -0.05) is 18.9 Å². The van der Waals surface area contributed by atoms with E-state index >= 15 is 0 Å². The van der Waals surface area contributed by atoms with E-state index in [9.17, 15) is 0 Å². The van der Waals surface area contributed by atoms with Crippen LogP contribution in [0.5, 0.6) is 5.75 Å². The molecule has 0 bridgehead atoms. The summed E-state index contributed by atoms with van der Waals surface area (Å²) in [6.07, 6.45) is 5.42. The minimum Gasteiger partial charge on any atom is -0.489 e. The van der Waals surface area contributed by atoms with E-state index in [0.29, 0.717) is 12.1 Å². The van der Waals surface area contributed by atoms with E-state index in [1.54, 1.807) is 0 Å². The van der Waals surface area contributed by atoms with Crippen LogP contribution in [0.25, 0.3) is 0 Å². The minimum absolute atomic E-state index is 0.134. The normalized spacial score (nSPS) is 25.8. The van der Waals surface area contributed by atoms with Crippen LogP contribution in [-0.2, 0) is 4.74 Å². The van der Waals surface area contributed by atoms with Gasteiger partial charge in [-0.05, 0) is 38.8 Å². The molecule has 116 valence electrons. The molecule has 4 heteroatoms. The lowest BCUT2D eigenvalue weighted by Gasteiger charge is -2.45. The fourth-order valence-electron chi connectivity index (χ4n) is 3.54. The van der Waals surface area contributed by atoms with Crippen LogP contribution in [0.1, 0.15) is 39.5 Å². The molecule has 21 heavy (non-hydrogen) atoms. The minimum atomic E-state index is 0.134. The Morgan fingerprint density at radius 1 is 1.29 bits per heavy atom. The Morgan fingerprint density at radius 3 is 2.90 bits per heavy atom. The van der Waals surface area contributed by atoms with E-state index in [2.05, 4.69) is 11.0 Å². The van der Waals surface area contributed by atoms with Crippen LogP contribution in [0.15, 0.2) is 18.2 Å². The van der Waals surface area contributed by atoms with Crippen molar-refractivity contribution in [2.24, 2.45) is 0 Å². The van der Waals surface area contributed by atoms with Crippen molar-refractivity contribution in [2.75, 3.05) is 23.8 Å². The predicted octanol–water partition coefficient (Wildman–Crippen LogP) is 3.20. The molecule has 1 saturated carbocycles. The van der Waals surface area contributed by atoms with E-state index in [0.717, 1.165) is 30.3 Å². The number of para-hydroxylation sites is 1. The second-order valence-electron chi connectivity index (χ2n) is 6.31. The summed E-state index contributed by atoms with van der Waals surface area (Å²) in [6, 6.07) is 6.57. The van der Waals surface area contributed by atoms with Crippen LogP contribution in [0.3, 0.4) is 0 Å². The van der Waals surface area contributed by atoms with Crippen molar-refractivity contribution < 1.29 is 9.47 Å². The van der Waals surface area contributed by atoms with Gasteiger partial charge in [-0.25, -0.2) is 0 Å². The number of benzene rings is 1. The Kier molecular flexibility index (Phi) is 4.24. The third-order valence-corrected chi connectivity index (χ3v) is 4.45. The van der Waals surface area contributed by atoms with Crippen molar-refractivity contribution in [3.8, 4) is 5.75 Å². The van der Waals surface area contributed by atoms with Crippen LogP contribution in [0.4, 0.5) is 11.4 Å². The van der Waals surface area contributed by atoms with Gasteiger partial charge in [0.1, 0.15) is 5.75 Å². The van der Waals surface area contributed by atoms with E-state index in [1.807, 2.05) is 26.0 Å². The van der Waals surface area contributed by atoms with Crippen LogP contribution in [0, 0.1) is 0 Å². The maximum Gasteiger partial charge on any atom is 0.144 e. The van der Waals surface area contributed by atoms with Crippen LogP contribution in [-0.4, -0.2) is 31.4 Å². The average molecular weight is 290 g/mol. The summed E-state index contributed by atoms with van der Waals surface area (Å²) >= 11 is 0. The van der Waals surface area contributed by atoms with Crippen molar-refractivity contribution >= 4 is 11.4 Å². The number of ether oxygens (including phenoxy) is 2.